The molecular weight excluding hydrogens is 288 g/mol. The van der Waals surface area contributed by atoms with E-state index in [1.54, 1.807) is 23.1 Å². The largest absolute Gasteiger partial charge is 0.287 e. The van der Waals surface area contributed by atoms with E-state index >= 15 is 0 Å². The maximum Gasteiger partial charge on any atom is 0.263 e. The molecule has 0 fully saturated rings. The number of aryl methyl sites for hydroxylation is 1. The first-order valence-electron chi connectivity index (χ1n) is 7.33. The van der Waals surface area contributed by atoms with Crippen molar-refractivity contribution in [2.24, 2.45) is 5.92 Å². The van der Waals surface area contributed by atoms with Gasteiger partial charge in [0.15, 0.2) is 5.16 Å². The second kappa shape index (κ2) is 5.53. The van der Waals surface area contributed by atoms with Crippen molar-refractivity contribution in [2.75, 3.05) is 5.75 Å². The summed E-state index contributed by atoms with van der Waals surface area (Å²) in [7, 11) is 0. The number of rotatable bonds is 3. The Balaban J connectivity index is 2.26. The highest BCUT2D eigenvalue weighted by atomic mass is 32.2. The minimum absolute atomic E-state index is 0.167. The van der Waals surface area contributed by atoms with Crippen LogP contribution in [0.1, 0.15) is 37.6 Å². The molecule has 0 saturated heterocycles. The van der Waals surface area contributed by atoms with Gasteiger partial charge in [0.25, 0.3) is 5.56 Å². The molecule has 20 heavy (non-hydrogen) atoms. The zero-order valence-corrected chi connectivity index (χ0v) is 13.9. The molecule has 0 aromatic carbocycles. The topological polar surface area (TPSA) is 34.9 Å². The van der Waals surface area contributed by atoms with Crippen molar-refractivity contribution in [3.05, 3.63) is 20.8 Å². The van der Waals surface area contributed by atoms with Crippen LogP contribution in [0.4, 0.5) is 0 Å². The number of aromatic nitrogens is 2. The van der Waals surface area contributed by atoms with Crippen molar-refractivity contribution >= 4 is 33.3 Å². The Kier molecular flexibility index (Phi) is 3.91. The van der Waals surface area contributed by atoms with Gasteiger partial charge in [-0.1, -0.05) is 25.6 Å². The minimum Gasteiger partial charge on any atom is -0.287 e. The molecule has 0 bridgehead atoms. The van der Waals surface area contributed by atoms with Crippen LogP contribution in [0.15, 0.2) is 9.95 Å². The van der Waals surface area contributed by atoms with E-state index in [0.29, 0.717) is 6.54 Å². The molecule has 0 saturated carbocycles. The van der Waals surface area contributed by atoms with Gasteiger partial charge in [-0.15, -0.1) is 11.3 Å². The minimum atomic E-state index is 0.167. The van der Waals surface area contributed by atoms with Crippen LogP contribution in [0.5, 0.6) is 0 Å². The molecule has 1 atom stereocenters. The van der Waals surface area contributed by atoms with E-state index in [0.717, 1.165) is 39.9 Å². The zero-order chi connectivity index (χ0) is 14.3. The van der Waals surface area contributed by atoms with E-state index in [2.05, 4.69) is 13.8 Å². The van der Waals surface area contributed by atoms with Gasteiger partial charge >= 0.3 is 0 Å². The SMILES string of the molecule is CCSc1nc2sc3c(c2c(=O)n1CC)CC[C@@H](C)C3. The molecule has 0 N–H and O–H groups in total. The van der Waals surface area contributed by atoms with Gasteiger partial charge in [-0.2, -0.15) is 0 Å². The van der Waals surface area contributed by atoms with Crippen molar-refractivity contribution in [1.29, 1.82) is 0 Å². The maximum absolute atomic E-state index is 12.8. The van der Waals surface area contributed by atoms with Crippen molar-refractivity contribution in [1.82, 2.24) is 9.55 Å². The van der Waals surface area contributed by atoms with Crippen LogP contribution in [0.25, 0.3) is 10.2 Å². The summed E-state index contributed by atoms with van der Waals surface area (Å²) in [6, 6.07) is 0. The van der Waals surface area contributed by atoms with Crippen LogP contribution in [0, 0.1) is 5.92 Å². The summed E-state index contributed by atoms with van der Waals surface area (Å²) in [6.45, 7) is 7.12. The smallest absolute Gasteiger partial charge is 0.263 e. The lowest BCUT2D eigenvalue weighted by Gasteiger charge is -2.17. The monoisotopic (exact) mass is 308 g/mol. The van der Waals surface area contributed by atoms with E-state index in [1.807, 2.05) is 11.5 Å². The first-order chi connectivity index (χ1) is 9.65. The van der Waals surface area contributed by atoms with E-state index in [1.165, 1.54) is 16.9 Å². The summed E-state index contributed by atoms with van der Waals surface area (Å²) in [5.41, 5.74) is 1.45. The molecule has 1 aliphatic carbocycles. The van der Waals surface area contributed by atoms with Gasteiger partial charge in [-0.3, -0.25) is 9.36 Å². The Morgan fingerprint density at radius 1 is 1.45 bits per heavy atom. The van der Waals surface area contributed by atoms with Crippen LogP contribution in [-0.4, -0.2) is 15.3 Å². The highest BCUT2D eigenvalue weighted by Crippen LogP contribution is 2.36. The van der Waals surface area contributed by atoms with E-state index in [4.69, 9.17) is 4.98 Å². The van der Waals surface area contributed by atoms with E-state index in [-0.39, 0.29) is 5.56 Å². The molecular formula is C15H20N2OS2. The number of thioether (sulfide) groups is 1. The normalized spacial score (nSPS) is 18.4. The standard InChI is InChI=1S/C15H20N2OS2/c1-4-17-14(18)12-10-7-6-9(3)8-11(10)20-13(12)16-15(17)19-5-2/h9H,4-8H2,1-3H3/t9-/m1/s1. The molecule has 1 aliphatic rings. The van der Waals surface area contributed by atoms with Crippen LogP contribution >= 0.6 is 23.1 Å². The Bertz CT molecular complexity index is 702. The molecule has 3 nitrogen and oxygen atoms in total. The first-order valence-corrected chi connectivity index (χ1v) is 9.13. The maximum atomic E-state index is 12.8. The van der Waals surface area contributed by atoms with Crippen LogP contribution in [0.2, 0.25) is 0 Å². The fourth-order valence-corrected chi connectivity index (χ4v) is 5.14. The zero-order valence-electron chi connectivity index (χ0n) is 12.2. The average molecular weight is 308 g/mol. The number of thiophene rings is 1. The van der Waals surface area contributed by atoms with Crippen LogP contribution in [-0.2, 0) is 19.4 Å². The highest BCUT2D eigenvalue weighted by molar-refractivity contribution is 7.99. The quantitative estimate of drug-likeness (QED) is 0.640. The number of hydrogen-bond donors (Lipinski definition) is 0. The summed E-state index contributed by atoms with van der Waals surface area (Å²) in [6.07, 6.45) is 3.34. The molecule has 0 amide bonds. The van der Waals surface area contributed by atoms with Gasteiger partial charge < -0.3 is 0 Å². The fraction of sp³-hybridized carbons (Fsp3) is 0.600. The fourth-order valence-electron chi connectivity index (χ4n) is 2.92. The lowest BCUT2D eigenvalue weighted by molar-refractivity contribution is 0.509. The number of fused-ring (bicyclic) bond motifs is 3. The lowest BCUT2D eigenvalue weighted by Crippen LogP contribution is -2.23. The molecule has 2 heterocycles. The molecule has 0 aliphatic heterocycles. The summed E-state index contributed by atoms with van der Waals surface area (Å²) < 4.78 is 1.83. The lowest BCUT2D eigenvalue weighted by atomic mass is 9.89. The summed E-state index contributed by atoms with van der Waals surface area (Å²) in [5.74, 6) is 1.67. The van der Waals surface area contributed by atoms with Gasteiger partial charge in [0.1, 0.15) is 4.83 Å². The Morgan fingerprint density at radius 2 is 2.25 bits per heavy atom. The van der Waals surface area contributed by atoms with Gasteiger partial charge in [-0.25, -0.2) is 4.98 Å². The second-order valence-corrected chi connectivity index (χ2v) is 7.72. The van der Waals surface area contributed by atoms with E-state index < -0.39 is 0 Å². The Hall–Kier alpha value is -0.810. The second-order valence-electron chi connectivity index (χ2n) is 5.41. The van der Waals surface area contributed by atoms with Crippen molar-refractivity contribution in [3.63, 3.8) is 0 Å². The van der Waals surface area contributed by atoms with Crippen molar-refractivity contribution in [3.8, 4) is 0 Å². The molecule has 108 valence electrons. The third kappa shape index (κ3) is 2.21. The predicted octanol–water partition coefficient (Wildman–Crippen LogP) is 3.71. The summed E-state index contributed by atoms with van der Waals surface area (Å²) in [5, 5.41) is 1.78. The molecule has 0 spiro atoms. The Labute approximate surface area is 127 Å². The summed E-state index contributed by atoms with van der Waals surface area (Å²) in [4.78, 5) is 19.9. The van der Waals surface area contributed by atoms with Gasteiger partial charge in [-0.05, 0) is 43.4 Å². The number of nitrogens with zero attached hydrogens (tertiary/aromatic N) is 2. The van der Waals surface area contributed by atoms with Crippen LogP contribution < -0.4 is 5.56 Å². The average Bonchev–Trinajstić information content (AvgIpc) is 2.76. The molecule has 3 rings (SSSR count). The van der Waals surface area contributed by atoms with Gasteiger partial charge in [0.2, 0.25) is 0 Å². The molecule has 2 aromatic heterocycles. The molecule has 0 unspecified atom stereocenters. The van der Waals surface area contributed by atoms with Gasteiger partial charge in [0, 0.05) is 11.4 Å². The molecule has 0 radical (unpaired) electrons. The van der Waals surface area contributed by atoms with Gasteiger partial charge in [0.05, 0.1) is 5.39 Å². The Morgan fingerprint density at radius 3 is 2.95 bits per heavy atom. The van der Waals surface area contributed by atoms with Crippen LogP contribution in [0.3, 0.4) is 0 Å². The van der Waals surface area contributed by atoms with Crippen molar-refractivity contribution < 1.29 is 0 Å². The third-order valence-corrected chi connectivity index (χ3v) is 5.98. The third-order valence-electron chi connectivity index (χ3n) is 3.97. The highest BCUT2D eigenvalue weighted by Gasteiger charge is 2.24. The summed E-state index contributed by atoms with van der Waals surface area (Å²) >= 11 is 3.40. The first kappa shape index (κ1) is 14.1. The van der Waals surface area contributed by atoms with Crippen molar-refractivity contribution in [2.45, 2.75) is 51.7 Å². The molecule has 5 heteroatoms. The number of hydrogen-bond acceptors (Lipinski definition) is 4. The van der Waals surface area contributed by atoms with E-state index in [9.17, 15) is 4.79 Å². The predicted molar refractivity (Wildman–Crippen MR) is 87.1 cm³/mol. The molecule has 2 aromatic rings.